The van der Waals surface area contributed by atoms with E-state index in [-0.39, 0.29) is 6.79 Å². The third kappa shape index (κ3) is 5.26. The number of amides is 1. The molecule has 2 aromatic carbocycles. The van der Waals surface area contributed by atoms with Crippen LogP contribution < -0.4 is 14.8 Å². The van der Waals surface area contributed by atoms with Crippen LogP contribution in [0, 0.1) is 0 Å². The molecule has 29 heavy (non-hydrogen) atoms. The lowest BCUT2D eigenvalue weighted by Gasteiger charge is -2.06. The monoisotopic (exact) mass is 417 g/mol. The first-order valence-corrected chi connectivity index (χ1v) is 8.76. The number of hydrogen-bond donors (Lipinski definition) is 1. The molecule has 0 unspecified atom stereocenters. The van der Waals surface area contributed by atoms with Crippen LogP contribution in [0.4, 0.5) is 5.69 Å². The second-order valence-electron chi connectivity index (χ2n) is 5.79. The predicted molar refractivity (Wildman–Crippen MR) is 104 cm³/mol. The van der Waals surface area contributed by atoms with Gasteiger partial charge in [-0.3, -0.25) is 4.79 Å². The molecule has 0 aliphatic carbocycles. The normalized spacial score (nSPS) is 11.9. The number of halogens is 1. The summed E-state index contributed by atoms with van der Waals surface area (Å²) in [5.74, 6) is -0.753. The standard InChI is InChI=1S/C20H16ClNO7/c1-26-20(25)13-3-5-14(6-4-13)22-17(23)10-27-18(24)7-2-12-8-15(21)19-16(9-12)28-11-29-19/h2-9H,10-11H2,1H3,(H,22,23). The smallest absolute Gasteiger partial charge is 0.337 e. The van der Waals surface area contributed by atoms with Gasteiger partial charge in [-0.2, -0.15) is 0 Å². The number of esters is 2. The predicted octanol–water partition coefficient (Wildman–Crippen LogP) is 3.05. The van der Waals surface area contributed by atoms with Gasteiger partial charge in [-0.15, -0.1) is 0 Å². The van der Waals surface area contributed by atoms with Crippen LogP contribution in [0.1, 0.15) is 15.9 Å². The molecule has 1 aliphatic heterocycles. The Hall–Kier alpha value is -3.52. The molecule has 0 radical (unpaired) electrons. The second kappa shape index (κ2) is 9.11. The number of methoxy groups -OCH3 is 1. The summed E-state index contributed by atoms with van der Waals surface area (Å²) in [6, 6.07) is 9.37. The summed E-state index contributed by atoms with van der Waals surface area (Å²) in [5.41, 5.74) is 1.42. The molecule has 0 saturated heterocycles. The minimum Gasteiger partial charge on any atom is -0.465 e. The Labute approximate surface area is 171 Å². The zero-order chi connectivity index (χ0) is 20.8. The molecule has 9 heteroatoms. The van der Waals surface area contributed by atoms with E-state index in [0.29, 0.717) is 33.3 Å². The van der Waals surface area contributed by atoms with Gasteiger partial charge in [0.2, 0.25) is 6.79 Å². The molecule has 0 saturated carbocycles. The zero-order valence-electron chi connectivity index (χ0n) is 15.3. The molecular formula is C20H16ClNO7. The van der Waals surface area contributed by atoms with Crippen molar-refractivity contribution in [2.24, 2.45) is 0 Å². The van der Waals surface area contributed by atoms with E-state index in [0.717, 1.165) is 0 Å². The van der Waals surface area contributed by atoms with Crippen LogP contribution in [-0.2, 0) is 19.1 Å². The van der Waals surface area contributed by atoms with Crippen molar-refractivity contribution in [2.45, 2.75) is 0 Å². The Morgan fingerprint density at radius 2 is 1.93 bits per heavy atom. The minimum absolute atomic E-state index is 0.0881. The molecule has 0 spiro atoms. The number of carbonyl (C=O) groups excluding carboxylic acids is 3. The van der Waals surface area contributed by atoms with E-state index in [1.807, 2.05) is 0 Å². The molecule has 150 valence electrons. The summed E-state index contributed by atoms with van der Waals surface area (Å²) >= 11 is 6.07. The largest absolute Gasteiger partial charge is 0.465 e. The maximum absolute atomic E-state index is 11.9. The third-order valence-electron chi connectivity index (χ3n) is 3.80. The van der Waals surface area contributed by atoms with Crippen molar-refractivity contribution in [2.75, 3.05) is 25.8 Å². The highest BCUT2D eigenvalue weighted by atomic mass is 35.5. The number of hydrogen-bond acceptors (Lipinski definition) is 7. The van der Waals surface area contributed by atoms with Gasteiger partial charge >= 0.3 is 11.9 Å². The first kappa shape index (κ1) is 20.2. The Morgan fingerprint density at radius 1 is 1.17 bits per heavy atom. The van der Waals surface area contributed by atoms with Crippen LogP contribution in [0.5, 0.6) is 11.5 Å². The number of anilines is 1. The van der Waals surface area contributed by atoms with Crippen molar-refractivity contribution in [1.82, 2.24) is 0 Å². The number of fused-ring (bicyclic) bond motifs is 1. The SMILES string of the molecule is COC(=O)c1ccc(NC(=O)COC(=O)C=Cc2cc(Cl)c3c(c2)OCO3)cc1. The van der Waals surface area contributed by atoms with E-state index in [1.165, 1.54) is 43.5 Å². The lowest BCUT2D eigenvalue weighted by Crippen LogP contribution is -2.20. The number of rotatable bonds is 6. The Kier molecular flexibility index (Phi) is 6.36. The van der Waals surface area contributed by atoms with Gasteiger partial charge in [0, 0.05) is 11.8 Å². The summed E-state index contributed by atoms with van der Waals surface area (Å²) in [6.45, 7) is -0.380. The summed E-state index contributed by atoms with van der Waals surface area (Å²) in [5, 5.41) is 2.92. The highest BCUT2D eigenvalue weighted by molar-refractivity contribution is 6.32. The van der Waals surface area contributed by atoms with E-state index in [2.05, 4.69) is 10.1 Å². The number of benzene rings is 2. The van der Waals surface area contributed by atoms with E-state index < -0.39 is 24.5 Å². The lowest BCUT2D eigenvalue weighted by atomic mass is 10.2. The molecule has 3 rings (SSSR count). The fraction of sp³-hybridized carbons (Fsp3) is 0.150. The first-order chi connectivity index (χ1) is 14.0. The fourth-order valence-corrected chi connectivity index (χ4v) is 2.71. The molecule has 1 N–H and O–H groups in total. The first-order valence-electron chi connectivity index (χ1n) is 8.38. The highest BCUT2D eigenvalue weighted by Crippen LogP contribution is 2.40. The molecule has 8 nitrogen and oxygen atoms in total. The third-order valence-corrected chi connectivity index (χ3v) is 4.08. The van der Waals surface area contributed by atoms with Crippen LogP contribution >= 0.6 is 11.6 Å². The Morgan fingerprint density at radius 3 is 2.66 bits per heavy atom. The Bertz CT molecular complexity index is 970. The molecule has 1 amide bonds. The fourth-order valence-electron chi connectivity index (χ4n) is 2.44. The average molecular weight is 418 g/mol. The average Bonchev–Trinajstić information content (AvgIpc) is 3.20. The van der Waals surface area contributed by atoms with Crippen molar-refractivity contribution < 1.29 is 33.3 Å². The van der Waals surface area contributed by atoms with Gasteiger partial charge in [-0.1, -0.05) is 11.6 Å². The van der Waals surface area contributed by atoms with Crippen LogP contribution in [0.15, 0.2) is 42.5 Å². The lowest BCUT2D eigenvalue weighted by molar-refractivity contribution is -0.142. The second-order valence-corrected chi connectivity index (χ2v) is 6.20. The summed E-state index contributed by atoms with van der Waals surface area (Å²) in [7, 11) is 1.28. The molecule has 2 aromatic rings. The van der Waals surface area contributed by atoms with E-state index >= 15 is 0 Å². The molecular weight excluding hydrogens is 402 g/mol. The maximum Gasteiger partial charge on any atom is 0.337 e. The van der Waals surface area contributed by atoms with Crippen molar-refractivity contribution in [1.29, 1.82) is 0 Å². The summed E-state index contributed by atoms with van der Waals surface area (Å²) in [4.78, 5) is 35.1. The van der Waals surface area contributed by atoms with Crippen LogP contribution in [-0.4, -0.2) is 38.4 Å². The van der Waals surface area contributed by atoms with Crippen molar-refractivity contribution in [3.05, 3.63) is 58.6 Å². The molecule has 1 heterocycles. The topological polar surface area (TPSA) is 100 Å². The molecule has 0 bridgehead atoms. The Balaban J connectivity index is 1.49. The van der Waals surface area contributed by atoms with Gasteiger partial charge < -0.3 is 24.3 Å². The number of ether oxygens (including phenoxy) is 4. The van der Waals surface area contributed by atoms with Crippen molar-refractivity contribution in [3.63, 3.8) is 0 Å². The zero-order valence-corrected chi connectivity index (χ0v) is 16.0. The van der Waals surface area contributed by atoms with E-state index in [9.17, 15) is 14.4 Å². The highest BCUT2D eigenvalue weighted by Gasteiger charge is 2.17. The minimum atomic E-state index is -0.699. The van der Waals surface area contributed by atoms with Gasteiger partial charge in [0.05, 0.1) is 17.7 Å². The van der Waals surface area contributed by atoms with Crippen molar-refractivity contribution >= 4 is 41.2 Å². The number of carbonyl (C=O) groups is 3. The van der Waals surface area contributed by atoms with E-state index in [1.54, 1.807) is 12.1 Å². The van der Waals surface area contributed by atoms with Crippen LogP contribution in [0.25, 0.3) is 6.08 Å². The quantitative estimate of drug-likeness (QED) is 0.569. The van der Waals surface area contributed by atoms with Gasteiger partial charge in [-0.25, -0.2) is 9.59 Å². The molecule has 0 fully saturated rings. The van der Waals surface area contributed by atoms with E-state index in [4.69, 9.17) is 25.8 Å². The molecule has 0 atom stereocenters. The van der Waals surface area contributed by atoms with Gasteiger partial charge in [0.1, 0.15) is 0 Å². The van der Waals surface area contributed by atoms with Gasteiger partial charge in [0.15, 0.2) is 18.1 Å². The summed E-state index contributed by atoms with van der Waals surface area (Å²) < 4.78 is 20.0. The van der Waals surface area contributed by atoms with Crippen molar-refractivity contribution in [3.8, 4) is 11.5 Å². The molecule has 1 aliphatic rings. The summed E-state index contributed by atoms with van der Waals surface area (Å²) in [6.07, 6.45) is 2.66. The van der Waals surface area contributed by atoms with Gasteiger partial charge in [-0.05, 0) is 48.0 Å². The maximum atomic E-state index is 11.9. The molecule has 0 aromatic heterocycles. The van der Waals surface area contributed by atoms with Gasteiger partial charge in [0.25, 0.3) is 5.91 Å². The van der Waals surface area contributed by atoms with Crippen LogP contribution in [0.3, 0.4) is 0 Å². The number of nitrogens with one attached hydrogen (secondary N) is 1. The van der Waals surface area contributed by atoms with Crippen LogP contribution in [0.2, 0.25) is 5.02 Å².